The Hall–Kier alpha value is -0.720. The molecule has 1 fully saturated rings. The van der Waals surface area contributed by atoms with Crippen LogP contribution in [0.3, 0.4) is 0 Å². The third-order valence-corrected chi connectivity index (χ3v) is 4.13. The van der Waals surface area contributed by atoms with Crippen molar-refractivity contribution in [3.63, 3.8) is 0 Å². The minimum atomic E-state index is -0.305. The van der Waals surface area contributed by atoms with Gasteiger partial charge in [0.15, 0.2) is 0 Å². The number of nitrogens with zero attached hydrogens (tertiary/aromatic N) is 1. The summed E-state index contributed by atoms with van der Waals surface area (Å²) in [4.78, 5) is 2.29. The lowest BCUT2D eigenvalue weighted by molar-refractivity contribution is -0.0448. The molecular weight excluding hydrogens is 281 g/mol. The van der Waals surface area contributed by atoms with Gasteiger partial charge in [-0.15, -0.1) is 0 Å². The molecule has 1 heterocycles. The van der Waals surface area contributed by atoms with Crippen molar-refractivity contribution in [1.82, 2.24) is 10.3 Å². The molecule has 0 spiro atoms. The highest BCUT2D eigenvalue weighted by Gasteiger charge is 2.28. The lowest BCUT2D eigenvalue weighted by Gasteiger charge is -2.36. The Bertz CT molecular complexity index is 426. The minimum Gasteiger partial charge on any atom is -0.374 e. The van der Waals surface area contributed by atoms with Gasteiger partial charge in [0.1, 0.15) is 5.82 Å². The Morgan fingerprint density at radius 1 is 1.60 bits per heavy atom. The molecule has 0 aliphatic carbocycles. The summed E-state index contributed by atoms with van der Waals surface area (Å²) in [6.45, 7) is 5.46. The van der Waals surface area contributed by atoms with Gasteiger partial charge in [-0.2, -0.15) is 0 Å². The largest absolute Gasteiger partial charge is 0.374 e. The van der Waals surface area contributed by atoms with Gasteiger partial charge in [0.25, 0.3) is 0 Å². The van der Waals surface area contributed by atoms with Crippen LogP contribution in [0.5, 0.6) is 0 Å². The van der Waals surface area contributed by atoms with E-state index in [0.29, 0.717) is 23.6 Å². The fraction of sp³-hybridized carbons (Fsp3) is 0.571. The van der Waals surface area contributed by atoms with Gasteiger partial charge in [-0.25, -0.2) is 4.39 Å². The number of benzene rings is 1. The maximum absolute atomic E-state index is 13.9. The molecule has 0 bridgehead atoms. The van der Waals surface area contributed by atoms with E-state index in [4.69, 9.17) is 22.2 Å². The first-order valence-electron chi connectivity index (χ1n) is 6.88. The summed E-state index contributed by atoms with van der Waals surface area (Å²) < 4.78 is 19.6. The van der Waals surface area contributed by atoms with Crippen LogP contribution in [0.1, 0.15) is 12.5 Å². The summed E-state index contributed by atoms with van der Waals surface area (Å²) in [5.41, 5.74) is 3.22. The molecular formula is C14H21ClFN3O. The van der Waals surface area contributed by atoms with E-state index in [1.165, 1.54) is 6.07 Å². The van der Waals surface area contributed by atoms with Crippen molar-refractivity contribution in [1.29, 1.82) is 0 Å². The summed E-state index contributed by atoms with van der Waals surface area (Å²) in [6.07, 6.45) is 0.342. The Kier molecular flexibility index (Phi) is 5.74. The minimum absolute atomic E-state index is 0.0654. The lowest BCUT2D eigenvalue weighted by Crippen LogP contribution is -2.54. The lowest BCUT2D eigenvalue weighted by atomic mass is 10.00. The molecule has 20 heavy (non-hydrogen) atoms. The van der Waals surface area contributed by atoms with Crippen molar-refractivity contribution in [3.8, 4) is 0 Å². The highest BCUT2D eigenvalue weighted by atomic mass is 35.5. The number of ether oxygens (including phenoxy) is 1. The first-order valence-corrected chi connectivity index (χ1v) is 7.26. The van der Waals surface area contributed by atoms with Gasteiger partial charge in [-0.05, 0) is 25.1 Å². The average Bonchev–Trinajstić information content (AvgIpc) is 2.47. The van der Waals surface area contributed by atoms with Crippen molar-refractivity contribution in [2.75, 3.05) is 26.2 Å². The van der Waals surface area contributed by atoms with Crippen LogP contribution in [0.2, 0.25) is 5.02 Å². The molecule has 2 unspecified atom stereocenters. The molecule has 2 atom stereocenters. The van der Waals surface area contributed by atoms with Crippen molar-refractivity contribution >= 4 is 11.6 Å². The van der Waals surface area contributed by atoms with E-state index < -0.39 is 0 Å². The monoisotopic (exact) mass is 301 g/mol. The van der Waals surface area contributed by atoms with E-state index in [1.807, 2.05) is 0 Å². The van der Waals surface area contributed by atoms with Crippen LogP contribution in [-0.4, -0.2) is 43.3 Å². The van der Waals surface area contributed by atoms with E-state index in [2.05, 4.69) is 17.2 Å². The normalized spacial score (nSPS) is 21.9. The van der Waals surface area contributed by atoms with Crippen LogP contribution >= 0.6 is 11.6 Å². The van der Waals surface area contributed by atoms with E-state index in [0.717, 1.165) is 19.6 Å². The predicted octanol–water partition coefficient (Wildman–Crippen LogP) is 1.57. The van der Waals surface area contributed by atoms with E-state index in [1.54, 1.807) is 12.1 Å². The van der Waals surface area contributed by atoms with Crippen LogP contribution < -0.4 is 11.3 Å². The number of hydrogen-bond donors (Lipinski definition) is 2. The molecule has 1 aromatic rings. The predicted molar refractivity (Wildman–Crippen MR) is 78.1 cm³/mol. The van der Waals surface area contributed by atoms with E-state index in [9.17, 15) is 4.39 Å². The second-order valence-corrected chi connectivity index (χ2v) is 5.39. The summed E-state index contributed by atoms with van der Waals surface area (Å²) in [7, 11) is 0. The van der Waals surface area contributed by atoms with Gasteiger partial charge in [-0.1, -0.05) is 24.6 Å². The van der Waals surface area contributed by atoms with Crippen LogP contribution in [-0.2, 0) is 11.2 Å². The smallest absolute Gasteiger partial charge is 0.127 e. The highest BCUT2D eigenvalue weighted by Crippen LogP contribution is 2.22. The summed E-state index contributed by atoms with van der Waals surface area (Å²) in [6, 6.07) is 4.53. The molecule has 1 aliphatic rings. The summed E-state index contributed by atoms with van der Waals surface area (Å²) in [5, 5.41) is 0.424. The molecule has 2 rings (SSSR count). The van der Waals surface area contributed by atoms with Gasteiger partial charge in [0.2, 0.25) is 0 Å². The molecule has 0 radical (unpaired) electrons. The molecule has 1 saturated heterocycles. The molecule has 6 heteroatoms. The Labute approximate surface area is 124 Å². The topological polar surface area (TPSA) is 50.5 Å². The number of nitrogens with two attached hydrogens (primary N) is 1. The molecule has 0 saturated carbocycles. The average molecular weight is 302 g/mol. The van der Waals surface area contributed by atoms with E-state index >= 15 is 0 Å². The second-order valence-electron chi connectivity index (χ2n) is 4.98. The Morgan fingerprint density at radius 3 is 3.05 bits per heavy atom. The number of halogens is 2. The number of nitrogens with one attached hydrogen (secondary N) is 1. The van der Waals surface area contributed by atoms with Crippen molar-refractivity contribution in [3.05, 3.63) is 34.6 Å². The molecule has 112 valence electrons. The maximum atomic E-state index is 13.9. The molecule has 1 aromatic carbocycles. The molecule has 0 aromatic heterocycles. The quantitative estimate of drug-likeness (QED) is 0.640. The third-order valence-electron chi connectivity index (χ3n) is 3.77. The molecule has 0 amide bonds. The van der Waals surface area contributed by atoms with Gasteiger partial charge < -0.3 is 4.74 Å². The Morgan fingerprint density at radius 2 is 2.40 bits per heavy atom. The van der Waals surface area contributed by atoms with Crippen molar-refractivity contribution in [2.45, 2.75) is 25.5 Å². The number of hydrazine groups is 1. The van der Waals surface area contributed by atoms with Crippen LogP contribution in [0, 0.1) is 5.82 Å². The van der Waals surface area contributed by atoms with Gasteiger partial charge in [-0.3, -0.25) is 16.2 Å². The number of morpholine rings is 1. The second kappa shape index (κ2) is 7.33. The van der Waals surface area contributed by atoms with Crippen LogP contribution in [0.25, 0.3) is 0 Å². The fourth-order valence-corrected chi connectivity index (χ4v) is 2.75. The summed E-state index contributed by atoms with van der Waals surface area (Å²) in [5.74, 6) is 5.32. The first kappa shape index (κ1) is 15.7. The summed E-state index contributed by atoms with van der Waals surface area (Å²) >= 11 is 6.07. The number of likely N-dealkylation sites (N-methyl/N-ethyl adjacent to an activating group) is 1. The molecule has 4 nitrogen and oxygen atoms in total. The number of rotatable bonds is 5. The standard InChI is InChI=1S/C14H21ClFN3O/c1-2-19-6-7-20-14(9-19)13(18-17)8-10-11(15)4-3-5-12(10)16/h3-5,13-14,18H,2,6-9,17H2,1H3. The van der Waals surface area contributed by atoms with Gasteiger partial charge in [0, 0.05) is 23.7 Å². The SMILES string of the molecule is CCN1CCOC(C(Cc2c(F)cccc2Cl)NN)C1. The van der Waals surface area contributed by atoms with Crippen LogP contribution in [0.4, 0.5) is 4.39 Å². The highest BCUT2D eigenvalue weighted by molar-refractivity contribution is 6.31. The maximum Gasteiger partial charge on any atom is 0.127 e. The van der Waals surface area contributed by atoms with Gasteiger partial charge >= 0.3 is 0 Å². The van der Waals surface area contributed by atoms with Gasteiger partial charge in [0.05, 0.1) is 18.8 Å². The van der Waals surface area contributed by atoms with E-state index in [-0.39, 0.29) is 18.0 Å². The zero-order chi connectivity index (χ0) is 14.5. The third kappa shape index (κ3) is 3.68. The Balaban J connectivity index is 2.08. The molecule has 1 aliphatic heterocycles. The molecule has 3 N–H and O–H groups in total. The van der Waals surface area contributed by atoms with Crippen molar-refractivity contribution < 1.29 is 9.13 Å². The fourth-order valence-electron chi connectivity index (χ4n) is 2.51. The number of hydrogen-bond acceptors (Lipinski definition) is 4. The van der Waals surface area contributed by atoms with Crippen molar-refractivity contribution in [2.24, 2.45) is 5.84 Å². The zero-order valence-electron chi connectivity index (χ0n) is 11.6. The zero-order valence-corrected chi connectivity index (χ0v) is 12.4. The first-order chi connectivity index (χ1) is 9.65. The van der Waals surface area contributed by atoms with Crippen LogP contribution in [0.15, 0.2) is 18.2 Å².